The van der Waals surface area contributed by atoms with Crippen LogP contribution >= 0.6 is 11.6 Å². The Kier molecular flexibility index (Phi) is 6.62. The number of benzene rings is 1. The van der Waals surface area contributed by atoms with Crippen LogP contribution in [0.4, 0.5) is 4.39 Å². The molecule has 2 aromatic rings. The Hall–Kier alpha value is -3.00. The SMILES string of the molecule is N/C=C(/C(=O)NCCC(N)=O)c1ncc(Cc2ccc(F)c(Cl)c2)cn1. The van der Waals surface area contributed by atoms with Gasteiger partial charge in [-0.25, -0.2) is 14.4 Å². The highest BCUT2D eigenvalue weighted by atomic mass is 35.5. The molecule has 0 aliphatic heterocycles. The van der Waals surface area contributed by atoms with Gasteiger partial charge >= 0.3 is 0 Å². The number of aromatic nitrogens is 2. The molecule has 1 aromatic heterocycles. The third-order valence-corrected chi connectivity index (χ3v) is 3.70. The van der Waals surface area contributed by atoms with Crippen LogP contribution in [0.5, 0.6) is 0 Å². The molecule has 5 N–H and O–H groups in total. The van der Waals surface area contributed by atoms with Crippen molar-refractivity contribution in [2.75, 3.05) is 6.54 Å². The van der Waals surface area contributed by atoms with Crippen molar-refractivity contribution in [2.24, 2.45) is 11.5 Å². The Morgan fingerprint density at radius 2 is 1.92 bits per heavy atom. The van der Waals surface area contributed by atoms with Crippen molar-refractivity contribution >= 4 is 29.0 Å². The predicted octanol–water partition coefficient (Wildman–Crippen LogP) is 1.15. The predicted molar refractivity (Wildman–Crippen MR) is 95.2 cm³/mol. The molecule has 0 bridgehead atoms. The molecule has 0 aliphatic rings. The van der Waals surface area contributed by atoms with E-state index in [9.17, 15) is 14.0 Å². The summed E-state index contributed by atoms with van der Waals surface area (Å²) < 4.78 is 13.2. The van der Waals surface area contributed by atoms with E-state index in [2.05, 4.69) is 15.3 Å². The molecule has 26 heavy (non-hydrogen) atoms. The normalized spacial score (nSPS) is 11.2. The van der Waals surface area contributed by atoms with Gasteiger partial charge in [-0.05, 0) is 23.3 Å². The number of amides is 2. The molecule has 2 amide bonds. The van der Waals surface area contributed by atoms with E-state index >= 15 is 0 Å². The third-order valence-electron chi connectivity index (χ3n) is 3.41. The zero-order chi connectivity index (χ0) is 19.1. The van der Waals surface area contributed by atoms with Crippen LogP contribution < -0.4 is 16.8 Å². The minimum atomic E-state index is -0.523. The molecule has 0 unspecified atom stereocenters. The van der Waals surface area contributed by atoms with Gasteiger partial charge in [0.05, 0.1) is 10.6 Å². The molecule has 0 spiro atoms. The van der Waals surface area contributed by atoms with Crippen LogP contribution in [0.2, 0.25) is 5.02 Å². The summed E-state index contributed by atoms with van der Waals surface area (Å²) >= 11 is 5.76. The number of nitrogens with zero attached hydrogens (tertiary/aromatic N) is 2. The second kappa shape index (κ2) is 8.91. The first kappa shape index (κ1) is 19.3. The highest BCUT2D eigenvalue weighted by Crippen LogP contribution is 2.18. The summed E-state index contributed by atoms with van der Waals surface area (Å²) in [5.41, 5.74) is 12.1. The lowest BCUT2D eigenvalue weighted by atomic mass is 10.1. The summed E-state index contributed by atoms with van der Waals surface area (Å²) in [4.78, 5) is 31.0. The Labute approximate surface area is 154 Å². The number of halogens is 2. The van der Waals surface area contributed by atoms with E-state index in [0.29, 0.717) is 6.42 Å². The summed E-state index contributed by atoms with van der Waals surface area (Å²) in [5.74, 6) is -1.37. The molecule has 136 valence electrons. The second-order valence-corrected chi connectivity index (χ2v) is 5.80. The van der Waals surface area contributed by atoms with E-state index in [1.54, 1.807) is 18.5 Å². The summed E-state index contributed by atoms with van der Waals surface area (Å²) in [6, 6.07) is 4.44. The van der Waals surface area contributed by atoms with Crippen LogP contribution in [0.15, 0.2) is 36.8 Å². The molecule has 0 radical (unpaired) electrons. The lowest BCUT2D eigenvalue weighted by Crippen LogP contribution is -2.29. The number of hydrogen-bond donors (Lipinski definition) is 3. The molecular formula is C17H17ClFN5O2. The van der Waals surface area contributed by atoms with Crippen molar-refractivity contribution in [2.45, 2.75) is 12.8 Å². The van der Waals surface area contributed by atoms with Gasteiger partial charge < -0.3 is 16.8 Å². The summed E-state index contributed by atoms with van der Waals surface area (Å²) in [5, 5.41) is 2.55. The molecule has 0 saturated carbocycles. The number of nitrogens with one attached hydrogen (secondary N) is 1. The van der Waals surface area contributed by atoms with Gasteiger partial charge in [-0.1, -0.05) is 17.7 Å². The van der Waals surface area contributed by atoms with Crippen LogP contribution in [0, 0.1) is 5.82 Å². The molecule has 1 heterocycles. The number of carbonyl (C=O) groups excluding carboxylic acids is 2. The highest BCUT2D eigenvalue weighted by molar-refractivity contribution is 6.30. The molecule has 0 atom stereocenters. The van der Waals surface area contributed by atoms with Crippen molar-refractivity contribution < 1.29 is 14.0 Å². The van der Waals surface area contributed by atoms with Gasteiger partial charge in [-0.15, -0.1) is 0 Å². The molecule has 7 nitrogen and oxygen atoms in total. The zero-order valence-corrected chi connectivity index (χ0v) is 14.5. The smallest absolute Gasteiger partial charge is 0.256 e. The number of primary amides is 1. The Morgan fingerprint density at radius 1 is 1.23 bits per heavy atom. The number of nitrogens with two attached hydrogens (primary N) is 2. The van der Waals surface area contributed by atoms with Crippen molar-refractivity contribution in [1.82, 2.24) is 15.3 Å². The van der Waals surface area contributed by atoms with Crippen LogP contribution in [-0.4, -0.2) is 28.3 Å². The van der Waals surface area contributed by atoms with Gasteiger partial charge in [0, 0.05) is 38.0 Å². The van der Waals surface area contributed by atoms with Gasteiger partial charge in [-0.3, -0.25) is 9.59 Å². The van der Waals surface area contributed by atoms with Gasteiger partial charge in [0.15, 0.2) is 5.82 Å². The number of carbonyl (C=O) groups is 2. The topological polar surface area (TPSA) is 124 Å². The largest absolute Gasteiger partial charge is 0.404 e. The van der Waals surface area contributed by atoms with Gasteiger partial charge in [-0.2, -0.15) is 0 Å². The van der Waals surface area contributed by atoms with Crippen LogP contribution in [0.25, 0.3) is 5.57 Å². The van der Waals surface area contributed by atoms with Crippen molar-refractivity contribution in [3.05, 3.63) is 64.6 Å². The maximum atomic E-state index is 13.2. The van der Waals surface area contributed by atoms with Gasteiger partial charge in [0.1, 0.15) is 5.82 Å². The highest BCUT2D eigenvalue weighted by Gasteiger charge is 2.14. The molecule has 0 fully saturated rings. The zero-order valence-electron chi connectivity index (χ0n) is 13.7. The maximum absolute atomic E-state index is 13.2. The van der Waals surface area contributed by atoms with Crippen LogP contribution in [0.3, 0.4) is 0 Å². The minimum absolute atomic E-state index is 0.0175. The maximum Gasteiger partial charge on any atom is 0.256 e. The van der Waals surface area contributed by atoms with E-state index in [1.807, 2.05) is 0 Å². The average Bonchev–Trinajstić information content (AvgIpc) is 2.60. The van der Waals surface area contributed by atoms with Crippen molar-refractivity contribution in [3.8, 4) is 0 Å². The fourth-order valence-corrected chi connectivity index (χ4v) is 2.32. The summed E-state index contributed by atoms with van der Waals surface area (Å²) in [6.45, 7) is 0.0922. The van der Waals surface area contributed by atoms with Gasteiger partial charge in [0.25, 0.3) is 5.91 Å². The molecular weight excluding hydrogens is 361 g/mol. The monoisotopic (exact) mass is 377 g/mol. The lowest BCUT2D eigenvalue weighted by Gasteiger charge is -2.08. The van der Waals surface area contributed by atoms with E-state index in [-0.39, 0.29) is 29.4 Å². The summed E-state index contributed by atoms with van der Waals surface area (Å²) in [7, 11) is 0. The standard InChI is InChI=1S/C17H17ClFN5O2/c18-13-6-10(1-2-14(13)19)5-11-8-23-16(24-9-11)12(7-20)17(26)22-4-3-15(21)25/h1-2,6-9H,3-5,20H2,(H2,21,25)(H,22,26)/b12-7+. The van der Waals surface area contributed by atoms with Crippen molar-refractivity contribution in [3.63, 3.8) is 0 Å². The molecule has 1 aromatic carbocycles. The lowest BCUT2D eigenvalue weighted by molar-refractivity contribution is -0.118. The second-order valence-electron chi connectivity index (χ2n) is 5.39. The first-order valence-electron chi connectivity index (χ1n) is 7.64. The van der Waals surface area contributed by atoms with Crippen LogP contribution in [0.1, 0.15) is 23.4 Å². The quantitative estimate of drug-likeness (QED) is 0.624. The van der Waals surface area contributed by atoms with Crippen LogP contribution in [-0.2, 0) is 16.0 Å². The molecule has 2 rings (SSSR count). The summed E-state index contributed by atoms with van der Waals surface area (Å²) in [6.07, 6.45) is 4.64. The van der Waals surface area contributed by atoms with E-state index < -0.39 is 17.6 Å². The Morgan fingerprint density at radius 3 is 2.50 bits per heavy atom. The Bertz CT molecular complexity index is 840. The fraction of sp³-hybridized carbons (Fsp3) is 0.176. The van der Waals surface area contributed by atoms with Gasteiger partial charge in [0.2, 0.25) is 5.91 Å². The minimum Gasteiger partial charge on any atom is -0.404 e. The Balaban J connectivity index is 2.05. The molecule has 9 heteroatoms. The third kappa shape index (κ3) is 5.25. The molecule has 0 aliphatic carbocycles. The number of rotatable bonds is 7. The number of hydrogen-bond acceptors (Lipinski definition) is 5. The fourth-order valence-electron chi connectivity index (χ4n) is 2.12. The average molecular weight is 378 g/mol. The first-order chi connectivity index (χ1) is 12.4. The van der Waals surface area contributed by atoms with E-state index in [1.165, 1.54) is 12.1 Å². The van der Waals surface area contributed by atoms with E-state index in [0.717, 1.165) is 17.3 Å². The first-order valence-corrected chi connectivity index (χ1v) is 8.02. The van der Waals surface area contributed by atoms with Crippen molar-refractivity contribution in [1.29, 1.82) is 0 Å². The van der Waals surface area contributed by atoms with E-state index in [4.69, 9.17) is 23.1 Å². The molecule has 0 saturated heterocycles.